The standard InChI is InChI=1S/C17H23IN2O4/c1-11-13(15(21)22)9-12(18)10-14(11)19-5-7-20(8-6-19)16(23)24-17(2,3)4/h9-10H,5-8H2,1-4H3,(H,21,22). The van der Waals surface area contributed by atoms with Crippen LogP contribution < -0.4 is 4.90 Å². The van der Waals surface area contributed by atoms with Gasteiger partial charge >= 0.3 is 12.1 Å². The maximum atomic E-state index is 12.1. The maximum Gasteiger partial charge on any atom is 0.410 e. The Kier molecular flexibility index (Phi) is 5.62. The third-order valence-electron chi connectivity index (χ3n) is 3.85. The smallest absolute Gasteiger partial charge is 0.410 e. The molecular weight excluding hydrogens is 423 g/mol. The zero-order chi connectivity index (χ0) is 18.1. The van der Waals surface area contributed by atoms with Gasteiger partial charge < -0.3 is 19.6 Å². The molecule has 0 atom stereocenters. The van der Waals surface area contributed by atoms with Crippen LogP contribution in [0.25, 0.3) is 0 Å². The molecule has 0 radical (unpaired) electrons. The van der Waals surface area contributed by atoms with E-state index in [-0.39, 0.29) is 6.09 Å². The Morgan fingerprint density at radius 3 is 2.25 bits per heavy atom. The van der Waals surface area contributed by atoms with Crippen LogP contribution in [0.15, 0.2) is 12.1 Å². The molecule has 0 aromatic heterocycles. The number of ether oxygens (including phenoxy) is 1. The van der Waals surface area contributed by atoms with E-state index in [1.165, 1.54) is 0 Å². The highest BCUT2D eigenvalue weighted by atomic mass is 127. The summed E-state index contributed by atoms with van der Waals surface area (Å²) in [7, 11) is 0. The second-order valence-electron chi connectivity index (χ2n) is 6.86. The van der Waals surface area contributed by atoms with Gasteiger partial charge in [0.1, 0.15) is 5.60 Å². The van der Waals surface area contributed by atoms with E-state index in [0.29, 0.717) is 31.7 Å². The van der Waals surface area contributed by atoms with Crippen molar-refractivity contribution < 1.29 is 19.4 Å². The number of carboxylic acid groups (broad SMARTS) is 1. The van der Waals surface area contributed by atoms with Crippen molar-refractivity contribution in [1.29, 1.82) is 0 Å². The molecule has 1 fully saturated rings. The highest BCUT2D eigenvalue weighted by Crippen LogP contribution is 2.27. The van der Waals surface area contributed by atoms with Crippen molar-refractivity contribution in [3.63, 3.8) is 0 Å². The molecule has 0 unspecified atom stereocenters. The molecule has 24 heavy (non-hydrogen) atoms. The summed E-state index contributed by atoms with van der Waals surface area (Å²) in [5, 5.41) is 9.34. The van der Waals surface area contributed by atoms with Gasteiger partial charge in [-0.05, 0) is 68.0 Å². The lowest BCUT2D eigenvalue weighted by molar-refractivity contribution is 0.0240. The second-order valence-corrected chi connectivity index (χ2v) is 8.10. The lowest BCUT2D eigenvalue weighted by Crippen LogP contribution is -2.50. The Balaban J connectivity index is 2.10. The zero-order valence-corrected chi connectivity index (χ0v) is 16.6. The number of carbonyl (C=O) groups is 2. The van der Waals surface area contributed by atoms with Gasteiger partial charge in [-0.25, -0.2) is 9.59 Å². The third-order valence-corrected chi connectivity index (χ3v) is 4.47. The van der Waals surface area contributed by atoms with Gasteiger partial charge in [-0.1, -0.05) is 0 Å². The molecule has 132 valence electrons. The average Bonchev–Trinajstić information content (AvgIpc) is 2.47. The van der Waals surface area contributed by atoms with E-state index in [4.69, 9.17) is 4.74 Å². The van der Waals surface area contributed by atoms with E-state index >= 15 is 0 Å². The lowest BCUT2D eigenvalue weighted by atomic mass is 10.1. The summed E-state index contributed by atoms with van der Waals surface area (Å²) < 4.78 is 6.29. The van der Waals surface area contributed by atoms with Crippen molar-refractivity contribution in [2.45, 2.75) is 33.3 Å². The van der Waals surface area contributed by atoms with Gasteiger partial charge in [-0.15, -0.1) is 0 Å². The first-order valence-electron chi connectivity index (χ1n) is 7.85. The van der Waals surface area contributed by atoms with E-state index in [2.05, 4.69) is 27.5 Å². The molecule has 0 spiro atoms. The number of nitrogens with zero attached hydrogens (tertiary/aromatic N) is 2. The summed E-state index contributed by atoms with van der Waals surface area (Å²) in [4.78, 5) is 27.3. The SMILES string of the molecule is Cc1c(C(=O)O)cc(I)cc1N1CCN(C(=O)OC(C)(C)C)CC1. The molecule has 7 heteroatoms. The van der Waals surface area contributed by atoms with Crippen LogP contribution in [0, 0.1) is 10.5 Å². The number of carboxylic acids is 1. The zero-order valence-electron chi connectivity index (χ0n) is 14.4. The van der Waals surface area contributed by atoms with Crippen molar-refractivity contribution in [3.8, 4) is 0 Å². The van der Waals surface area contributed by atoms with Crippen LogP contribution in [-0.2, 0) is 4.74 Å². The molecule has 2 rings (SSSR count). The van der Waals surface area contributed by atoms with E-state index in [1.54, 1.807) is 11.0 Å². The summed E-state index contributed by atoms with van der Waals surface area (Å²) in [6.45, 7) is 9.80. The topological polar surface area (TPSA) is 70.1 Å². The van der Waals surface area contributed by atoms with Crippen molar-refractivity contribution in [2.24, 2.45) is 0 Å². The van der Waals surface area contributed by atoms with Crippen LogP contribution >= 0.6 is 22.6 Å². The van der Waals surface area contributed by atoms with Gasteiger partial charge in [0.2, 0.25) is 0 Å². The van der Waals surface area contributed by atoms with E-state index in [9.17, 15) is 14.7 Å². The number of hydrogen-bond acceptors (Lipinski definition) is 4. The first-order valence-corrected chi connectivity index (χ1v) is 8.92. The highest BCUT2D eigenvalue weighted by Gasteiger charge is 2.27. The van der Waals surface area contributed by atoms with E-state index in [0.717, 1.165) is 14.8 Å². The summed E-state index contributed by atoms with van der Waals surface area (Å²) in [5.74, 6) is -0.917. The average molecular weight is 446 g/mol. The Morgan fingerprint density at radius 2 is 1.75 bits per heavy atom. The van der Waals surface area contributed by atoms with Gasteiger partial charge in [0.25, 0.3) is 0 Å². The Labute approximate surface area is 155 Å². The Hall–Kier alpha value is -1.51. The van der Waals surface area contributed by atoms with Crippen molar-refractivity contribution >= 4 is 40.3 Å². The van der Waals surface area contributed by atoms with Crippen molar-refractivity contribution in [3.05, 3.63) is 26.8 Å². The van der Waals surface area contributed by atoms with Crippen LogP contribution in [0.5, 0.6) is 0 Å². The molecule has 1 aromatic carbocycles. The fourth-order valence-electron chi connectivity index (χ4n) is 2.67. The molecule has 1 N–H and O–H groups in total. The molecule has 1 heterocycles. The summed E-state index contributed by atoms with van der Waals surface area (Å²) in [6.07, 6.45) is -0.298. The molecule has 0 bridgehead atoms. The fraction of sp³-hybridized carbons (Fsp3) is 0.529. The minimum absolute atomic E-state index is 0.298. The number of anilines is 1. The molecule has 1 amide bonds. The molecule has 1 aliphatic heterocycles. The number of hydrogen-bond donors (Lipinski definition) is 1. The number of amides is 1. The second kappa shape index (κ2) is 7.16. The van der Waals surface area contributed by atoms with Crippen LogP contribution in [-0.4, -0.2) is 53.8 Å². The van der Waals surface area contributed by atoms with E-state index in [1.807, 2.05) is 33.8 Å². The predicted octanol–water partition coefficient (Wildman–Crippen LogP) is 3.35. The van der Waals surface area contributed by atoms with Crippen LogP contribution in [0.4, 0.5) is 10.5 Å². The molecule has 1 saturated heterocycles. The van der Waals surface area contributed by atoms with Crippen molar-refractivity contribution in [1.82, 2.24) is 4.90 Å². The van der Waals surface area contributed by atoms with Crippen LogP contribution in [0.2, 0.25) is 0 Å². The minimum atomic E-state index is -0.917. The van der Waals surface area contributed by atoms with Crippen molar-refractivity contribution in [2.75, 3.05) is 31.1 Å². The number of carbonyl (C=O) groups excluding carboxylic acids is 1. The lowest BCUT2D eigenvalue weighted by Gasteiger charge is -2.37. The minimum Gasteiger partial charge on any atom is -0.478 e. The summed E-state index contributed by atoms with van der Waals surface area (Å²) in [5.41, 5.74) is 1.50. The van der Waals surface area contributed by atoms with Gasteiger partial charge in [0, 0.05) is 35.4 Å². The monoisotopic (exact) mass is 446 g/mol. The number of rotatable bonds is 2. The molecule has 1 aromatic rings. The number of aromatic carboxylic acids is 1. The predicted molar refractivity (Wildman–Crippen MR) is 101 cm³/mol. The largest absolute Gasteiger partial charge is 0.478 e. The van der Waals surface area contributed by atoms with Crippen LogP contribution in [0.3, 0.4) is 0 Å². The van der Waals surface area contributed by atoms with E-state index < -0.39 is 11.6 Å². The molecule has 6 nitrogen and oxygen atoms in total. The number of benzene rings is 1. The maximum absolute atomic E-state index is 12.1. The summed E-state index contributed by atoms with van der Waals surface area (Å²) >= 11 is 2.13. The first kappa shape index (κ1) is 18.8. The Bertz CT molecular complexity index is 647. The summed E-state index contributed by atoms with van der Waals surface area (Å²) in [6, 6.07) is 3.67. The van der Waals surface area contributed by atoms with Crippen LogP contribution in [0.1, 0.15) is 36.7 Å². The molecule has 0 saturated carbocycles. The van der Waals surface area contributed by atoms with Gasteiger partial charge in [0.15, 0.2) is 0 Å². The van der Waals surface area contributed by atoms with Gasteiger partial charge in [-0.3, -0.25) is 0 Å². The number of piperazine rings is 1. The fourth-order valence-corrected chi connectivity index (χ4v) is 3.28. The van der Waals surface area contributed by atoms with Gasteiger partial charge in [0.05, 0.1) is 5.56 Å². The first-order chi connectivity index (χ1) is 11.1. The molecule has 1 aliphatic rings. The quantitative estimate of drug-likeness (QED) is 0.706. The Morgan fingerprint density at radius 1 is 1.17 bits per heavy atom. The molecule has 0 aliphatic carbocycles. The third kappa shape index (κ3) is 4.52. The van der Waals surface area contributed by atoms with Gasteiger partial charge in [-0.2, -0.15) is 0 Å². The highest BCUT2D eigenvalue weighted by molar-refractivity contribution is 14.1. The normalized spacial score (nSPS) is 15.4. The number of halogens is 1. The molecular formula is C17H23IN2O4.